The summed E-state index contributed by atoms with van der Waals surface area (Å²) >= 11 is 0. The molecule has 1 atom stereocenters. The van der Waals surface area contributed by atoms with Gasteiger partial charge < -0.3 is 15.1 Å². The van der Waals surface area contributed by atoms with Gasteiger partial charge in [0.15, 0.2) is 0 Å². The largest absolute Gasteiger partial charge is 0.464 e. The molecule has 1 aromatic heterocycles. The van der Waals surface area contributed by atoms with Crippen LogP contribution in [0.3, 0.4) is 0 Å². The predicted octanol–water partition coefficient (Wildman–Crippen LogP) is 4.42. The van der Waals surface area contributed by atoms with E-state index in [-0.39, 0.29) is 11.9 Å². The molecular formula is C17H22N2O2. The maximum atomic E-state index is 11.5. The number of rotatable bonds is 5. The molecule has 0 aliphatic rings. The molecule has 2 aromatic rings. The number of nitrogens with one attached hydrogen (secondary N) is 2. The van der Waals surface area contributed by atoms with Gasteiger partial charge in [0.25, 0.3) is 0 Å². The van der Waals surface area contributed by atoms with E-state index in [2.05, 4.69) is 17.6 Å². The standard InChI is InChI=1S/C17H22N2O2/c1-5-17(20)19-14-8-6-11(2)15(10-14)18-13(4)16-9-7-12(3)21-16/h6-10,13,18H,5H2,1-4H3,(H,19,20). The number of furan rings is 1. The van der Waals surface area contributed by atoms with Crippen LogP contribution in [0.15, 0.2) is 34.7 Å². The molecule has 0 radical (unpaired) electrons. The minimum atomic E-state index is 0.0134. The van der Waals surface area contributed by atoms with Crippen LogP contribution in [0.25, 0.3) is 0 Å². The Hall–Kier alpha value is -2.23. The quantitative estimate of drug-likeness (QED) is 0.855. The highest BCUT2D eigenvalue weighted by atomic mass is 16.3. The number of carbonyl (C=O) groups excluding carboxylic acids is 1. The van der Waals surface area contributed by atoms with Crippen molar-refractivity contribution in [2.45, 2.75) is 40.2 Å². The highest BCUT2D eigenvalue weighted by Crippen LogP contribution is 2.26. The summed E-state index contributed by atoms with van der Waals surface area (Å²) in [4.78, 5) is 11.5. The molecule has 1 unspecified atom stereocenters. The van der Waals surface area contributed by atoms with E-state index in [9.17, 15) is 4.79 Å². The molecule has 0 fully saturated rings. The Morgan fingerprint density at radius 1 is 1.24 bits per heavy atom. The first-order chi connectivity index (χ1) is 9.99. The van der Waals surface area contributed by atoms with Crippen LogP contribution in [-0.4, -0.2) is 5.91 Å². The Bertz CT molecular complexity index is 631. The Morgan fingerprint density at radius 3 is 2.62 bits per heavy atom. The molecule has 4 nitrogen and oxygen atoms in total. The van der Waals surface area contributed by atoms with Crippen LogP contribution in [0.1, 0.15) is 43.4 Å². The fourth-order valence-corrected chi connectivity index (χ4v) is 2.10. The molecule has 1 heterocycles. The molecule has 4 heteroatoms. The number of aryl methyl sites for hydroxylation is 2. The first-order valence-corrected chi connectivity index (χ1v) is 7.23. The zero-order valence-electron chi connectivity index (χ0n) is 13.0. The average molecular weight is 286 g/mol. The molecule has 2 N–H and O–H groups in total. The first-order valence-electron chi connectivity index (χ1n) is 7.23. The molecule has 2 rings (SSSR count). The highest BCUT2D eigenvalue weighted by Gasteiger charge is 2.11. The number of anilines is 2. The van der Waals surface area contributed by atoms with Crippen LogP contribution in [0.2, 0.25) is 0 Å². The van der Waals surface area contributed by atoms with Gasteiger partial charge in [0.2, 0.25) is 5.91 Å². The van der Waals surface area contributed by atoms with Gasteiger partial charge in [0.1, 0.15) is 11.5 Å². The van der Waals surface area contributed by atoms with E-state index in [1.54, 1.807) is 0 Å². The lowest BCUT2D eigenvalue weighted by Gasteiger charge is -2.16. The topological polar surface area (TPSA) is 54.3 Å². The van der Waals surface area contributed by atoms with Gasteiger partial charge in [-0.05, 0) is 50.6 Å². The third-order valence-electron chi connectivity index (χ3n) is 3.40. The number of hydrogen-bond acceptors (Lipinski definition) is 3. The molecule has 0 aliphatic carbocycles. The van der Waals surface area contributed by atoms with Crippen molar-refractivity contribution in [2.24, 2.45) is 0 Å². The molecule has 0 saturated carbocycles. The third-order valence-corrected chi connectivity index (χ3v) is 3.40. The van der Waals surface area contributed by atoms with E-state index in [1.165, 1.54) is 0 Å². The molecule has 1 amide bonds. The van der Waals surface area contributed by atoms with Gasteiger partial charge in [0, 0.05) is 17.8 Å². The van der Waals surface area contributed by atoms with Crippen LogP contribution in [0, 0.1) is 13.8 Å². The van der Waals surface area contributed by atoms with E-state index >= 15 is 0 Å². The minimum Gasteiger partial charge on any atom is -0.464 e. The molecule has 21 heavy (non-hydrogen) atoms. The van der Waals surface area contributed by atoms with Crippen LogP contribution in [-0.2, 0) is 4.79 Å². The number of benzene rings is 1. The van der Waals surface area contributed by atoms with Crippen molar-refractivity contribution in [1.29, 1.82) is 0 Å². The van der Waals surface area contributed by atoms with Crippen LogP contribution >= 0.6 is 0 Å². The van der Waals surface area contributed by atoms with Gasteiger partial charge in [-0.3, -0.25) is 4.79 Å². The maximum absolute atomic E-state index is 11.5. The molecule has 0 spiro atoms. The van der Waals surface area contributed by atoms with Crippen molar-refractivity contribution in [2.75, 3.05) is 10.6 Å². The van der Waals surface area contributed by atoms with Crippen molar-refractivity contribution >= 4 is 17.3 Å². The van der Waals surface area contributed by atoms with Gasteiger partial charge in [-0.15, -0.1) is 0 Å². The lowest BCUT2D eigenvalue weighted by Crippen LogP contribution is -2.11. The average Bonchev–Trinajstić information content (AvgIpc) is 2.89. The Labute approximate surface area is 125 Å². The zero-order chi connectivity index (χ0) is 15.4. The van der Waals surface area contributed by atoms with E-state index in [4.69, 9.17) is 4.42 Å². The van der Waals surface area contributed by atoms with Crippen molar-refractivity contribution in [3.8, 4) is 0 Å². The van der Waals surface area contributed by atoms with Gasteiger partial charge >= 0.3 is 0 Å². The summed E-state index contributed by atoms with van der Waals surface area (Å²) in [6.45, 7) is 7.86. The van der Waals surface area contributed by atoms with Crippen LogP contribution in [0.5, 0.6) is 0 Å². The second-order valence-corrected chi connectivity index (χ2v) is 5.25. The molecule has 1 aromatic carbocycles. The molecule has 0 bridgehead atoms. The van der Waals surface area contributed by atoms with E-state index in [0.717, 1.165) is 28.5 Å². The maximum Gasteiger partial charge on any atom is 0.224 e. The lowest BCUT2D eigenvalue weighted by molar-refractivity contribution is -0.115. The van der Waals surface area contributed by atoms with Gasteiger partial charge in [-0.2, -0.15) is 0 Å². The van der Waals surface area contributed by atoms with Crippen molar-refractivity contribution < 1.29 is 9.21 Å². The van der Waals surface area contributed by atoms with Crippen molar-refractivity contribution in [3.63, 3.8) is 0 Å². The highest BCUT2D eigenvalue weighted by molar-refractivity contribution is 5.91. The number of carbonyl (C=O) groups is 1. The van der Waals surface area contributed by atoms with Crippen LogP contribution in [0.4, 0.5) is 11.4 Å². The summed E-state index contributed by atoms with van der Waals surface area (Å²) in [6.07, 6.45) is 0.471. The van der Waals surface area contributed by atoms with E-state index < -0.39 is 0 Å². The Morgan fingerprint density at radius 2 is 2.00 bits per heavy atom. The Balaban J connectivity index is 2.15. The van der Waals surface area contributed by atoms with Gasteiger partial charge in [0.05, 0.1) is 6.04 Å². The Kier molecular flexibility index (Phi) is 4.68. The van der Waals surface area contributed by atoms with Crippen LogP contribution < -0.4 is 10.6 Å². The second-order valence-electron chi connectivity index (χ2n) is 5.25. The minimum absolute atomic E-state index is 0.0134. The van der Waals surface area contributed by atoms with Gasteiger partial charge in [-0.25, -0.2) is 0 Å². The normalized spacial score (nSPS) is 12.0. The SMILES string of the molecule is CCC(=O)Nc1ccc(C)c(NC(C)c2ccc(C)o2)c1. The van der Waals surface area contributed by atoms with Crippen molar-refractivity contribution in [1.82, 2.24) is 0 Å². The molecule has 0 aliphatic heterocycles. The smallest absolute Gasteiger partial charge is 0.224 e. The summed E-state index contributed by atoms with van der Waals surface area (Å²) in [7, 11) is 0. The van der Waals surface area contributed by atoms with Crippen molar-refractivity contribution in [3.05, 3.63) is 47.4 Å². The molecule has 0 saturated heterocycles. The van der Waals surface area contributed by atoms with E-state index in [1.807, 2.05) is 51.1 Å². The first kappa shape index (κ1) is 15.2. The fraction of sp³-hybridized carbons (Fsp3) is 0.353. The molecular weight excluding hydrogens is 264 g/mol. The summed E-state index contributed by atoms with van der Waals surface area (Å²) in [5, 5.41) is 6.30. The molecule has 112 valence electrons. The summed E-state index contributed by atoms with van der Waals surface area (Å²) in [6, 6.07) is 9.86. The fourth-order valence-electron chi connectivity index (χ4n) is 2.10. The second kappa shape index (κ2) is 6.48. The van der Waals surface area contributed by atoms with Gasteiger partial charge in [-0.1, -0.05) is 13.0 Å². The summed E-state index contributed by atoms with van der Waals surface area (Å²) in [5.41, 5.74) is 2.92. The zero-order valence-corrected chi connectivity index (χ0v) is 13.0. The monoisotopic (exact) mass is 286 g/mol. The predicted molar refractivity (Wildman–Crippen MR) is 85.6 cm³/mol. The van der Waals surface area contributed by atoms with E-state index in [0.29, 0.717) is 6.42 Å². The third kappa shape index (κ3) is 3.88. The lowest BCUT2D eigenvalue weighted by atomic mass is 10.1. The number of amides is 1. The summed E-state index contributed by atoms with van der Waals surface area (Å²) in [5.74, 6) is 1.81. The summed E-state index contributed by atoms with van der Waals surface area (Å²) < 4.78 is 5.64. The number of hydrogen-bond donors (Lipinski definition) is 2.